The number of aliphatic hydroxyl groups excluding tert-OH is 1. The summed E-state index contributed by atoms with van der Waals surface area (Å²) in [5.41, 5.74) is 3.01. The number of Topliss-reactive ketones (excluding diaryl/α,β-unsaturated/α-hetero) is 2. The van der Waals surface area contributed by atoms with Crippen LogP contribution in [0.15, 0.2) is 48.5 Å². The van der Waals surface area contributed by atoms with Gasteiger partial charge in [-0.15, -0.1) is 0 Å². The topological polar surface area (TPSA) is 120 Å². The SMILES string of the molecule is O=C1CCC[C@H]1C[C@H](NC(=O)[C@@H]1[C@H]2CCC[C@H]2CN1C(=O)c1cc2c(Cl)ccc(-c3ccccc3)c2[nH]1)C(=O)CO. The standard InChI is InChI=1S/C32H34ClN3O5/c33-24-13-12-21(18-6-2-1-3-7-18)29-23(24)15-26(34-29)32(41)36-16-20-9-4-10-22(20)30(36)31(40)35-25(28(39)17-37)14-19-8-5-11-27(19)38/h1-3,6-7,12-13,15,19-20,22,25,30,34,37H,4-5,8-11,14,16-17H2,(H,35,40)/t19-,20-,22-,25-,30-/m0/s1. The number of aromatic amines is 1. The number of nitrogens with one attached hydrogen (secondary N) is 2. The van der Waals surface area contributed by atoms with E-state index in [4.69, 9.17) is 11.6 Å². The summed E-state index contributed by atoms with van der Waals surface area (Å²) in [5, 5.41) is 13.7. The first-order valence-corrected chi connectivity index (χ1v) is 14.9. The van der Waals surface area contributed by atoms with E-state index in [1.54, 1.807) is 11.0 Å². The van der Waals surface area contributed by atoms with Crippen molar-refractivity contribution in [2.45, 2.75) is 57.0 Å². The Labute approximate surface area is 243 Å². The summed E-state index contributed by atoms with van der Waals surface area (Å²) in [7, 11) is 0. The lowest BCUT2D eigenvalue weighted by atomic mass is 9.91. The van der Waals surface area contributed by atoms with Gasteiger partial charge >= 0.3 is 0 Å². The summed E-state index contributed by atoms with van der Waals surface area (Å²) >= 11 is 6.55. The minimum atomic E-state index is -0.961. The van der Waals surface area contributed by atoms with Crippen molar-refractivity contribution in [1.29, 1.82) is 0 Å². The van der Waals surface area contributed by atoms with Crippen LogP contribution >= 0.6 is 11.6 Å². The van der Waals surface area contributed by atoms with E-state index in [0.717, 1.165) is 47.7 Å². The minimum absolute atomic E-state index is 0.00946. The molecule has 1 aliphatic heterocycles. The van der Waals surface area contributed by atoms with Crippen LogP contribution in [-0.2, 0) is 14.4 Å². The molecule has 2 aliphatic carbocycles. The van der Waals surface area contributed by atoms with Crippen molar-refractivity contribution in [3.63, 3.8) is 0 Å². The lowest BCUT2D eigenvalue weighted by Gasteiger charge is -2.29. The number of hydrogen-bond donors (Lipinski definition) is 3. The summed E-state index contributed by atoms with van der Waals surface area (Å²) in [4.78, 5) is 57.7. The van der Waals surface area contributed by atoms with Gasteiger partial charge in [0.25, 0.3) is 5.91 Å². The summed E-state index contributed by atoms with van der Waals surface area (Å²) in [5.74, 6) is -1.22. The first kappa shape index (κ1) is 27.7. The Kier molecular flexibility index (Phi) is 7.70. The van der Waals surface area contributed by atoms with Gasteiger partial charge in [0.2, 0.25) is 5.91 Å². The Morgan fingerprint density at radius 1 is 1.07 bits per heavy atom. The van der Waals surface area contributed by atoms with Crippen LogP contribution in [0.2, 0.25) is 5.02 Å². The van der Waals surface area contributed by atoms with Crippen LogP contribution in [-0.4, -0.2) is 63.6 Å². The number of benzene rings is 2. The van der Waals surface area contributed by atoms with Crippen molar-refractivity contribution >= 4 is 45.9 Å². The number of halogens is 1. The van der Waals surface area contributed by atoms with E-state index in [2.05, 4.69) is 10.3 Å². The lowest BCUT2D eigenvalue weighted by Crippen LogP contribution is -2.53. The predicted molar refractivity (Wildman–Crippen MR) is 155 cm³/mol. The van der Waals surface area contributed by atoms with Gasteiger partial charge in [0.15, 0.2) is 5.78 Å². The lowest BCUT2D eigenvalue weighted by molar-refractivity contribution is -0.133. The van der Waals surface area contributed by atoms with E-state index < -0.39 is 30.4 Å². The van der Waals surface area contributed by atoms with Crippen molar-refractivity contribution < 1.29 is 24.3 Å². The zero-order valence-corrected chi connectivity index (χ0v) is 23.5. The van der Waals surface area contributed by atoms with Crippen LogP contribution in [0, 0.1) is 17.8 Å². The average Bonchev–Trinajstić information content (AvgIpc) is 3.77. The van der Waals surface area contributed by atoms with Crippen LogP contribution in [0.1, 0.15) is 55.4 Å². The third-order valence-corrected chi connectivity index (χ3v) is 9.62. The van der Waals surface area contributed by atoms with Crippen LogP contribution in [0.3, 0.4) is 0 Å². The van der Waals surface area contributed by atoms with Crippen LogP contribution in [0.25, 0.3) is 22.0 Å². The maximum absolute atomic E-state index is 14.0. The van der Waals surface area contributed by atoms with Gasteiger partial charge in [-0.2, -0.15) is 0 Å². The third-order valence-electron chi connectivity index (χ3n) is 9.29. The Balaban J connectivity index is 1.29. The van der Waals surface area contributed by atoms with Crippen molar-refractivity contribution in [3.8, 4) is 11.1 Å². The van der Waals surface area contributed by atoms with Crippen molar-refractivity contribution in [1.82, 2.24) is 15.2 Å². The number of nitrogens with zero attached hydrogens (tertiary/aromatic N) is 1. The van der Waals surface area contributed by atoms with Crippen molar-refractivity contribution in [2.24, 2.45) is 17.8 Å². The number of H-pyrrole nitrogens is 1. The molecule has 3 aromatic rings. The normalized spacial score (nSPS) is 24.5. The summed E-state index contributed by atoms with van der Waals surface area (Å²) in [6, 6.07) is 13.6. The molecule has 2 heterocycles. The molecular formula is C32H34ClN3O5. The quantitative estimate of drug-likeness (QED) is 0.364. The van der Waals surface area contributed by atoms with Crippen molar-refractivity contribution in [2.75, 3.05) is 13.2 Å². The van der Waals surface area contributed by atoms with Crippen LogP contribution in [0.5, 0.6) is 0 Å². The molecule has 2 saturated carbocycles. The summed E-state index contributed by atoms with van der Waals surface area (Å²) < 4.78 is 0. The summed E-state index contributed by atoms with van der Waals surface area (Å²) in [6.07, 6.45) is 4.85. The molecule has 9 heteroatoms. The highest BCUT2D eigenvalue weighted by Gasteiger charge is 2.50. The number of fused-ring (bicyclic) bond motifs is 2. The molecule has 0 bridgehead atoms. The number of rotatable bonds is 8. The number of carbonyl (C=O) groups is 4. The monoisotopic (exact) mass is 575 g/mol. The number of ketones is 2. The molecule has 0 spiro atoms. The highest BCUT2D eigenvalue weighted by Crippen LogP contribution is 2.43. The molecule has 3 aliphatic rings. The highest BCUT2D eigenvalue weighted by molar-refractivity contribution is 6.36. The van der Waals surface area contributed by atoms with E-state index >= 15 is 0 Å². The predicted octanol–water partition coefficient (Wildman–Crippen LogP) is 4.53. The van der Waals surface area contributed by atoms with Gasteiger partial charge in [-0.25, -0.2) is 0 Å². The van der Waals surface area contributed by atoms with Gasteiger partial charge in [-0.1, -0.05) is 54.4 Å². The number of amides is 2. The fourth-order valence-corrected chi connectivity index (χ4v) is 7.44. The second-order valence-electron chi connectivity index (χ2n) is 11.7. The average molecular weight is 576 g/mol. The zero-order valence-electron chi connectivity index (χ0n) is 22.8. The summed E-state index contributed by atoms with van der Waals surface area (Å²) in [6.45, 7) is -0.263. The Morgan fingerprint density at radius 2 is 1.88 bits per heavy atom. The molecule has 3 fully saturated rings. The van der Waals surface area contributed by atoms with Gasteiger partial charge < -0.3 is 20.3 Å². The second-order valence-corrected chi connectivity index (χ2v) is 12.1. The van der Waals surface area contributed by atoms with Crippen LogP contribution < -0.4 is 5.32 Å². The number of aliphatic hydroxyl groups is 1. The molecular weight excluding hydrogens is 542 g/mol. The molecule has 2 amide bonds. The molecule has 6 rings (SSSR count). The molecule has 8 nitrogen and oxygen atoms in total. The molecule has 214 valence electrons. The number of likely N-dealkylation sites (tertiary alicyclic amines) is 1. The highest BCUT2D eigenvalue weighted by atomic mass is 35.5. The van der Waals surface area contributed by atoms with Gasteiger partial charge in [0.05, 0.1) is 16.6 Å². The Bertz CT molecular complexity index is 1500. The molecule has 0 unspecified atom stereocenters. The first-order chi connectivity index (χ1) is 19.9. The minimum Gasteiger partial charge on any atom is -0.389 e. The van der Waals surface area contributed by atoms with Gasteiger partial charge in [0, 0.05) is 29.8 Å². The smallest absolute Gasteiger partial charge is 0.271 e. The second kappa shape index (κ2) is 11.4. The first-order valence-electron chi connectivity index (χ1n) is 14.5. The van der Waals surface area contributed by atoms with E-state index in [9.17, 15) is 24.3 Å². The van der Waals surface area contributed by atoms with E-state index in [1.165, 1.54) is 0 Å². The molecule has 3 N–H and O–H groups in total. The fraction of sp³-hybridized carbons (Fsp3) is 0.438. The number of hydrogen-bond acceptors (Lipinski definition) is 5. The number of aromatic nitrogens is 1. The fourth-order valence-electron chi connectivity index (χ4n) is 7.22. The van der Waals surface area contributed by atoms with Gasteiger partial charge in [-0.3, -0.25) is 19.2 Å². The molecule has 1 aromatic heterocycles. The largest absolute Gasteiger partial charge is 0.389 e. The van der Waals surface area contributed by atoms with Gasteiger partial charge in [-0.05, 0) is 61.6 Å². The Morgan fingerprint density at radius 3 is 2.61 bits per heavy atom. The zero-order chi connectivity index (χ0) is 28.7. The molecule has 2 aromatic carbocycles. The number of carbonyl (C=O) groups excluding carboxylic acids is 4. The molecule has 5 atom stereocenters. The van der Waals surface area contributed by atoms with Crippen LogP contribution in [0.4, 0.5) is 0 Å². The van der Waals surface area contributed by atoms with Gasteiger partial charge in [0.1, 0.15) is 24.1 Å². The van der Waals surface area contributed by atoms with E-state index in [1.807, 2.05) is 42.5 Å². The maximum Gasteiger partial charge on any atom is 0.271 e. The Hall–Kier alpha value is -3.49. The molecule has 0 radical (unpaired) electrons. The molecule has 1 saturated heterocycles. The van der Waals surface area contributed by atoms with E-state index in [-0.39, 0.29) is 35.9 Å². The molecule has 41 heavy (non-hydrogen) atoms. The van der Waals surface area contributed by atoms with Crippen molar-refractivity contribution in [3.05, 3.63) is 59.2 Å². The maximum atomic E-state index is 14.0. The third kappa shape index (κ3) is 5.19. The van der Waals surface area contributed by atoms with E-state index in [0.29, 0.717) is 30.1 Å².